The SMILES string of the molecule is CC#N.Cc1cc(F)cc(/C2=C3/C/C=C(\C=C/CN=C2)c2ccccc2OCC(N)CCNC2CCN3CC2)c1. The van der Waals surface area contributed by atoms with Gasteiger partial charge < -0.3 is 20.7 Å². The molecule has 0 amide bonds. The van der Waals surface area contributed by atoms with Crippen molar-refractivity contribution in [3.63, 3.8) is 0 Å². The number of ether oxygens (including phenoxy) is 1. The average molecular weight is 542 g/mol. The van der Waals surface area contributed by atoms with Crippen molar-refractivity contribution >= 4 is 17.4 Å². The molecule has 0 aliphatic carbocycles. The number of nitriles is 1. The Morgan fingerprint density at radius 1 is 1.15 bits per heavy atom. The van der Waals surface area contributed by atoms with Gasteiger partial charge in [-0.3, -0.25) is 4.99 Å². The monoisotopic (exact) mass is 541 g/mol. The van der Waals surface area contributed by atoms with E-state index in [2.05, 4.69) is 40.6 Å². The van der Waals surface area contributed by atoms with E-state index in [-0.39, 0.29) is 11.9 Å². The van der Waals surface area contributed by atoms with E-state index in [1.165, 1.54) is 12.6 Å². The Balaban J connectivity index is 0.00000118. The summed E-state index contributed by atoms with van der Waals surface area (Å²) in [6.07, 6.45) is 12.1. The first kappa shape index (κ1) is 29.3. The van der Waals surface area contributed by atoms with E-state index in [0.29, 0.717) is 25.6 Å². The Labute approximate surface area is 237 Å². The lowest BCUT2D eigenvalue weighted by Crippen LogP contribution is -2.43. The minimum atomic E-state index is -0.217. The molecule has 6 rings (SSSR count). The lowest BCUT2D eigenvalue weighted by Gasteiger charge is -2.37. The van der Waals surface area contributed by atoms with E-state index in [4.69, 9.17) is 20.7 Å². The van der Waals surface area contributed by atoms with E-state index in [1.807, 2.05) is 31.3 Å². The quantitative estimate of drug-likeness (QED) is 0.487. The van der Waals surface area contributed by atoms with Gasteiger partial charge in [-0.25, -0.2) is 4.39 Å². The molecule has 4 heterocycles. The van der Waals surface area contributed by atoms with E-state index in [9.17, 15) is 4.39 Å². The third-order valence-electron chi connectivity index (χ3n) is 7.38. The summed E-state index contributed by atoms with van der Waals surface area (Å²) in [5, 5.41) is 11.0. The number of piperidine rings is 1. The Morgan fingerprint density at radius 3 is 2.70 bits per heavy atom. The molecule has 1 unspecified atom stereocenters. The maximum absolute atomic E-state index is 14.5. The van der Waals surface area contributed by atoms with Crippen LogP contribution in [0.25, 0.3) is 11.1 Å². The predicted octanol–water partition coefficient (Wildman–Crippen LogP) is 5.65. The number of para-hydroxylation sites is 1. The van der Waals surface area contributed by atoms with Gasteiger partial charge in [0.1, 0.15) is 18.2 Å². The highest BCUT2D eigenvalue weighted by Gasteiger charge is 2.23. The molecular formula is C33H40FN5O. The van der Waals surface area contributed by atoms with Crippen LogP contribution in [0.3, 0.4) is 0 Å². The van der Waals surface area contributed by atoms with Crippen LogP contribution in [-0.2, 0) is 0 Å². The normalized spacial score (nSPS) is 25.4. The van der Waals surface area contributed by atoms with Gasteiger partial charge in [0.2, 0.25) is 0 Å². The zero-order chi connectivity index (χ0) is 28.3. The minimum absolute atomic E-state index is 0.0247. The molecule has 0 spiro atoms. The minimum Gasteiger partial charge on any atom is -0.491 e. The van der Waals surface area contributed by atoms with Crippen LogP contribution >= 0.6 is 0 Å². The van der Waals surface area contributed by atoms with Crippen molar-refractivity contribution in [1.82, 2.24) is 10.2 Å². The molecule has 3 N–H and O–H groups in total. The molecule has 2 aromatic rings. The summed E-state index contributed by atoms with van der Waals surface area (Å²) in [7, 11) is 0. The number of aryl methyl sites for hydroxylation is 1. The lowest BCUT2D eigenvalue weighted by atomic mass is 9.95. The number of allylic oxidation sites excluding steroid dienone is 4. The number of halogens is 1. The van der Waals surface area contributed by atoms with Gasteiger partial charge in [0.15, 0.2) is 0 Å². The molecular weight excluding hydrogens is 501 g/mol. The van der Waals surface area contributed by atoms with Gasteiger partial charge >= 0.3 is 0 Å². The molecule has 0 radical (unpaired) electrons. The van der Waals surface area contributed by atoms with Gasteiger partial charge in [0, 0.05) is 61.6 Å². The maximum Gasteiger partial charge on any atom is 0.127 e. The number of aliphatic imine (C=N–C) groups is 1. The van der Waals surface area contributed by atoms with Gasteiger partial charge in [-0.1, -0.05) is 42.5 Å². The molecule has 1 saturated heterocycles. The Hall–Kier alpha value is -3.73. The number of nitrogens with one attached hydrogen (secondary N) is 1. The Kier molecular flexibility index (Phi) is 10.7. The molecule has 40 heavy (non-hydrogen) atoms. The van der Waals surface area contributed by atoms with Crippen molar-refractivity contribution in [2.75, 3.05) is 32.8 Å². The zero-order valence-electron chi connectivity index (χ0n) is 23.6. The first-order valence-electron chi connectivity index (χ1n) is 14.1. The highest BCUT2D eigenvalue weighted by molar-refractivity contribution is 6.11. The average Bonchev–Trinajstić information content (AvgIpc) is 2.94. The van der Waals surface area contributed by atoms with Gasteiger partial charge in [-0.2, -0.15) is 5.26 Å². The second-order valence-electron chi connectivity index (χ2n) is 10.4. The van der Waals surface area contributed by atoms with E-state index in [0.717, 1.165) is 72.5 Å². The smallest absolute Gasteiger partial charge is 0.127 e. The first-order chi connectivity index (χ1) is 19.5. The number of rotatable bonds is 1. The second kappa shape index (κ2) is 14.6. The first-order valence-corrected chi connectivity index (χ1v) is 14.1. The molecule has 4 aliphatic rings. The zero-order valence-corrected chi connectivity index (χ0v) is 23.6. The molecule has 2 aromatic carbocycles. The number of hydrogen-bond donors (Lipinski definition) is 2. The number of nitrogens with two attached hydrogens (primary N) is 1. The van der Waals surface area contributed by atoms with Crippen LogP contribution < -0.4 is 15.8 Å². The van der Waals surface area contributed by atoms with Gasteiger partial charge in [-0.05, 0) is 67.6 Å². The van der Waals surface area contributed by atoms with Gasteiger partial charge in [0.25, 0.3) is 0 Å². The summed E-state index contributed by atoms with van der Waals surface area (Å²) in [6.45, 7) is 7.17. The molecule has 0 aromatic heterocycles. The van der Waals surface area contributed by atoms with Crippen molar-refractivity contribution in [3.8, 4) is 11.8 Å². The summed E-state index contributed by atoms with van der Waals surface area (Å²) in [4.78, 5) is 7.21. The lowest BCUT2D eigenvalue weighted by molar-refractivity contribution is 0.235. The molecule has 7 heteroatoms. The van der Waals surface area contributed by atoms with E-state index >= 15 is 0 Å². The third kappa shape index (κ3) is 7.91. The standard InChI is InChI=1S/C31H37FN4O.C2H3N/c1-22-17-24(19-25(32)18-22)29-20-34-13-4-5-23-8-9-30(29)36-15-11-27(12-16-36)35-14-10-26(33)21-37-31-7-3-2-6-28(23)31;1-2-3/h2-8,17-20,26-27,35H,9-16,21,33H2,1H3;1H3/b5-4-,23-8+,30-29-,34-20?;. The fraction of sp³-hybridized carbons (Fsp3) is 0.394. The van der Waals surface area contributed by atoms with Crippen LogP contribution in [0, 0.1) is 24.1 Å². The van der Waals surface area contributed by atoms with E-state index in [1.54, 1.807) is 18.2 Å². The van der Waals surface area contributed by atoms with Crippen molar-refractivity contribution in [2.45, 2.75) is 51.6 Å². The molecule has 1 fully saturated rings. The molecule has 1 atom stereocenters. The van der Waals surface area contributed by atoms with E-state index < -0.39 is 0 Å². The Morgan fingerprint density at radius 2 is 1.93 bits per heavy atom. The van der Waals surface area contributed by atoms with Crippen LogP contribution in [0.4, 0.5) is 4.39 Å². The van der Waals surface area contributed by atoms with Crippen LogP contribution in [0.5, 0.6) is 5.75 Å². The summed E-state index contributed by atoms with van der Waals surface area (Å²) in [6, 6.07) is 15.6. The van der Waals surface area contributed by atoms with Gasteiger partial charge in [-0.15, -0.1) is 0 Å². The number of nitrogens with zero attached hydrogens (tertiary/aromatic N) is 3. The van der Waals surface area contributed by atoms with Crippen molar-refractivity contribution < 1.29 is 9.13 Å². The molecule has 4 aliphatic heterocycles. The fourth-order valence-corrected chi connectivity index (χ4v) is 5.41. The maximum atomic E-state index is 14.5. The highest BCUT2D eigenvalue weighted by atomic mass is 19.1. The number of hydrogen-bond acceptors (Lipinski definition) is 6. The van der Waals surface area contributed by atoms with Gasteiger partial charge in [0.05, 0.1) is 12.6 Å². The predicted molar refractivity (Wildman–Crippen MR) is 162 cm³/mol. The van der Waals surface area contributed by atoms with Crippen molar-refractivity contribution in [3.05, 3.63) is 88.9 Å². The van der Waals surface area contributed by atoms with Crippen LogP contribution in [0.2, 0.25) is 0 Å². The fourth-order valence-electron chi connectivity index (χ4n) is 5.41. The van der Waals surface area contributed by atoms with Crippen molar-refractivity contribution in [1.29, 1.82) is 5.26 Å². The highest BCUT2D eigenvalue weighted by Crippen LogP contribution is 2.32. The largest absolute Gasteiger partial charge is 0.491 e. The second-order valence-corrected chi connectivity index (χ2v) is 10.4. The molecule has 6 nitrogen and oxygen atoms in total. The Bertz CT molecular complexity index is 1290. The summed E-state index contributed by atoms with van der Waals surface area (Å²) in [5.41, 5.74) is 12.5. The third-order valence-corrected chi connectivity index (χ3v) is 7.38. The number of fused-ring (bicyclic) bond motifs is 7. The number of benzene rings is 2. The summed E-state index contributed by atoms with van der Waals surface area (Å²) < 4.78 is 20.7. The summed E-state index contributed by atoms with van der Waals surface area (Å²) in [5.74, 6) is 0.618. The van der Waals surface area contributed by atoms with Crippen LogP contribution in [-0.4, -0.2) is 56.0 Å². The molecule has 210 valence electrons. The van der Waals surface area contributed by atoms with Crippen molar-refractivity contribution in [2.24, 2.45) is 10.7 Å². The van der Waals surface area contributed by atoms with Crippen LogP contribution in [0.1, 0.15) is 49.3 Å². The van der Waals surface area contributed by atoms with Crippen LogP contribution in [0.15, 0.2) is 71.4 Å². The molecule has 0 saturated carbocycles. The topological polar surface area (TPSA) is 86.7 Å². The molecule has 4 bridgehead atoms. The summed E-state index contributed by atoms with van der Waals surface area (Å²) >= 11 is 0.